The molecule has 31 heavy (non-hydrogen) atoms. The number of hydrogen-bond donors (Lipinski definition) is 6. The Bertz CT molecular complexity index is 1140. The molecule has 4 rings (SSSR count). The van der Waals surface area contributed by atoms with Gasteiger partial charge in [0.2, 0.25) is 6.29 Å². The SMILES string of the molecule is O=c1cc(-c2ccc(O)cc2)oc2cc(O[C@@H]3O[C@H](CO)[C@@H](O)[C@@H](O)[C@H]3O)cc(O)c12. The van der Waals surface area contributed by atoms with E-state index < -0.39 is 48.5 Å². The van der Waals surface area contributed by atoms with Crippen molar-refractivity contribution in [2.24, 2.45) is 0 Å². The van der Waals surface area contributed by atoms with Crippen LogP contribution in [-0.2, 0) is 4.74 Å². The lowest BCUT2D eigenvalue weighted by molar-refractivity contribution is -0.277. The van der Waals surface area contributed by atoms with Gasteiger partial charge in [-0.1, -0.05) is 0 Å². The molecule has 2 aromatic carbocycles. The first-order chi connectivity index (χ1) is 14.8. The molecule has 1 fully saturated rings. The molecule has 6 N–H and O–H groups in total. The minimum Gasteiger partial charge on any atom is -0.508 e. The second kappa shape index (κ2) is 8.17. The van der Waals surface area contributed by atoms with E-state index in [1.165, 1.54) is 24.3 Å². The Morgan fingerprint density at radius 3 is 2.32 bits per heavy atom. The molecule has 3 aromatic rings. The lowest BCUT2D eigenvalue weighted by Gasteiger charge is -2.39. The normalized spacial score (nSPS) is 26.1. The molecule has 10 nitrogen and oxygen atoms in total. The van der Waals surface area contributed by atoms with Crippen LogP contribution in [0.3, 0.4) is 0 Å². The minimum atomic E-state index is -1.65. The fourth-order valence-electron chi connectivity index (χ4n) is 3.38. The Morgan fingerprint density at radius 2 is 1.65 bits per heavy atom. The Morgan fingerprint density at radius 1 is 0.935 bits per heavy atom. The first-order valence-electron chi connectivity index (χ1n) is 9.36. The molecule has 164 valence electrons. The van der Waals surface area contributed by atoms with Crippen LogP contribution in [0.1, 0.15) is 0 Å². The summed E-state index contributed by atoms with van der Waals surface area (Å²) in [7, 11) is 0. The average Bonchev–Trinajstić information content (AvgIpc) is 2.74. The first kappa shape index (κ1) is 21.1. The largest absolute Gasteiger partial charge is 0.508 e. The molecule has 0 saturated carbocycles. The van der Waals surface area contributed by atoms with Crippen molar-refractivity contribution in [1.29, 1.82) is 0 Å². The monoisotopic (exact) mass is 432 g/mol. The summed E-state index contributed by atoms with van der Waals surface area (Å²) in [6, 6.07) is 9.56. The minimum absolute atomic E-state index is 0.0184. The number of aliphatic hydroxyl groups is 4. The summed E-state index contributed by atoms with van der Waals surface area (Å²) < 4.78 is 16.5. The maximum Gasteiger partial charge on any atom is 0.229 e. The number of ether oxygens (including phenoxy) is 2. The average molecular weight is 432 g/mol. The van der Waals surface area contributed by atoms with Crippen molar-refractivity contribution in [3.63, 3.8) is 0 Å². The molecule has 1 aliphatic heterocycles. The van der Waals surface area contributed by atoms with Crippen LogP contribution >= 0.6 is 0 Å². The van der Waals surface area contributed by atoms with Gasteiger partial charge >= 0.3 is 0 Å². The van der Waals surface area contributed by atoms with Crippen molar-refractivity contribution >= 4 is 11.0 Å². The molecule has 1 aromatic heterocycles. The van der Waals surface area contributed by atoms with Crippen LogP contribution in [0.15, 0.2) is 51.7 Å². The van der Waals surface area contributed by atoms with Crippen molar-refractivity contribution < 1.29 is 44.5 Å². The van der Waals surface area contributed by atoms with Crippen molar-refractivity contribution in [1.82, 2.24) is 0 Å². The van der Waals surface area contributed by atoms with E-state index in [0.717, 1.165) is 6.07 Å². The van der Waals surface area contributed by atoms with Crippen LogP contribution in [0, 0.1) is 0 Å². The summed E-state index contributed by atoms with van der Waals surface area (Å²) in [5.41, 5.74) is -0.0204. The Hall–Kier alpha value is -3.15. The van der Waals surface area contributed by atoms with Gasteiger partial charge in [0.1, 0.15) is 58.4 Å². The molecule has 0 radical (unpaired) electrons. The smallest absolute Gasteiger partial charge is 0.229 e. The number of aliphatic hydroxyl groups excluding tert-OH is 4. The van der Waals surface area contributed by atoms with Gasteiger partial charge < -0.3 is 44.5 Å². The third kappa shape index (κ3) is 3.94. The number of fused-ring (bicyclic) bond motifs is 1. The maximum atomic E-state index is 12.5. The molecule has 0 aliphatic carbocycles. The van der Waals surface area contributed by atoms with E-state index in [0.29, 0.717) is 5.56 Å². The maximum absolute atomic E-state index is 12.5. The van der Waals surface area contributed by atoms with E-state index in [4.69, 9.17) is 13.9 Å². The Balaban J connectivity index is 1.71. The van der Waals surface area contributed by atoms with Gasteiger partial charge in [0.05, 0.1) is 6.61 Å². The third-order valence-corrected chi connectivity index (χ3v) is 5.04. The Kier molecular flexibility index (Phi) is 5.56. The van der Waals surface area contributed by atoms with Crippen LogP contribution in [0.4, 0.5) is 0 Å². The predicted molar refractivity (Wildman–Crippen MR) is 106 cm³/mol. The molecule has 0 unspecified atom stereocenters. The highest BCUT2D eigenvalue weighted by molar-refractivity contribution is 5.86. The highest BCUT2D eigenvalue weighted by atomic mass is 16.7. The van der Waals surface area contributed by atoms with Gasteiger partial charge in [-0.15, -0.1) is 0 Å². The second-order valence-electron chi connectivity index (χ2n) is 7.15. The zero-order chi connectivity index (χ0) is 22.3. The molecule has 0 spiro atoms. The molecule has 0 bridgehead atoms. The van der Waals surface area contributed by atoms with Crippen molar-refractivity contribution in [2.75, 3.05) is 6.61 Å². The number of phenols is 2. The van der Waals surface area contributed by atoms with E-state index in [9.17, 15) is 35.4 Å². The van der Waals surface area contributed by atoms with Crippen molar-refractivity contribution in [3.8, 4) is 28.6 Å². The van der Waals surface area contributed by atoms with Gasteiger partial charge in [0.25, 0.3) is 0 Å². The van der Waals surface area contributed by atoms with Crippen LogP contribution in [0.5, 0.6) is 17.2 Å². The van der Waals surface area contributed by atoms with E-state index in [1.54, 1.807) is 12.1 Å². The molecule has 5 atom stereocenters. The Labute approximate surface area is 174 Å². The van der Waals surface area contributed by atoms with E-state index in [1.807, 2.05) is 0 Å². The fraction of sp³-hybridized carbons (Fsp3) is 0.286. The summed E-state index contributed by atoms with van der Waals surface area (Å²) in [6.07, 6.45) is -7.47. The third-order valence-electron chi connectivity index (χ3n) is 5.04. The van der Waals surface area contributed by atoms with Crippen LogP contribution in [0.2, 0.25) is 0 Å². The van der Waals surface area contributed by atoms with Crippen LogP contribution in [-0.4, -0.2) is 68.0 Å². The zero-order valence-electron chi connectivity index (χ0n) is 16.0. The van der Waals surface area contributed by atoms with Gasteiger partial charge in [-0.2, -0.15) is 0 Å². The highest BCUT2D eigenvalue weighted by Gasteiger charge is 2.44. The van der Waals surface area contributed by atoms with Gasteiger partial charge in [-0.3, -0.25) is 4.79 Å². The highest BCUT2D eigenvalue weighted by Crippen LogP contribution is 2.33. The molecule has 1 aliphatic rings. The summed E-state index contributed by atoms with van der Waals surface area (Å²) >= 11 is 0. The molecule has 10 heteroatoms. The number of aromatic hydroxyl groups is 2. The van der Waals surface area contributed by atoms with Crippen molar-refractivity contribution in [3.05, 3.63) is 52.7 Å². The van der Waals surface area contributed by atoms with Gasteiger partial charge in [0, 0.05) is 23.8 Å². The predicted octanol–water partition coefficient (Wildman–Crippen LogP) is 0.0499. The fourth-order valence-corrected chi connectivity index (χ4v) is 3.38. The quantitative estimate of drug-likeness (QED) is 0.331. The topological polar surface area (TPSA) is 170 Å². The number of hydrogen-bond acceptors (Lipinski definition) is 10. The molecule has 2 heterocycles. The van der Waals surface area contributed by atoms with Gasteiger partial charge in [-0.25, -0.2) is 0 Å². The number of phenolic OH excluding ortho intramolecular Hbond substituents is 2. The summed E-state index contributed by atoms with van der Waals surface area (Å²) in [6.45, 7) is -0.626. The van der Waals surface area contributed by atoms with E-state index >= 15 is 0 Å². The second-order valence-corrected chi connectivity index (χ2v) is 7.15. The summed E-state index contributed by atoms with van der Waals surface area (Å²) in [5, 5.41) is 58.8. The molecular weight excluding hydrogens is 412 g/mol. The lowest BCUT2D eigenvalue weighted by atomic mass is 9.99. The van der Waals surface area contributed by atoms with Gasteiger partial charge in [0.15, 0.2) is 5.43 Å². The molecule has 1 saturated heterocycles. The summed E-state index contributed by atoms with van der Waals surface area (Å²) in [4.78, 5) is 12.5. The van der Waals surface area contributed by atoms with E-state index in [2.05, 4.69) is 0 Å². The molecular formula is C21H20O10. The first-order valence-corrected chi connectivity index (χ1v) is 9.36. The van der Waals surface area contributed by atoms with Crippen molar-refractivity contribution in [2.45, 2.75) is 30.7 Å². The lowest BCUT2D eigenvalue weighted by Crippen LogP contribution is -2.60. The van der Waals surface area contributed by atoms with Crippen LogP contribution in [0.25, 0.3) is 22.3 Å². The number of benzene rings is 2. The standard InChI is InChI=1S/C21H20O10/c22-8-16-18(26)19(27)20(28)21(31-16)29-11-5-12(24)17-13(25)7-14(30-15(17)6-11)9-1-3-10(23)4-2-9/h1-7,16,18-24,26-28H,8H2/t16-,18-,19-,20-,21-/m1/s1. The summed E-state index contributed by atoms with van der Waals surface area (Å²) in [5.74, 6) is -0.273. The van der Waals surface area contributed by atoms with Crippen LogP contribution < -0.4 is 10.2 Å². The van der Waals surface area contributed by atoms with Gasteiger partial charge in [-0.05, 0) is 24.3 Å². The molecule has 0 amide bonds. The van der Waals surface area contributed by atoms with E-state index in [-0.39, 0.29) is 28.2 Å². The zero-order valence-corrected chi connectivity index (χ0v) is 16.0. The number of rotatable bonds is 4.